The molecule has 2 atom stereocenters. The zero-order valence-corrected chi connectivity index (χ0v) is 9.37. The van der Waals surface area contributed by atoms with Crippen molar-refractivity contribution in [1.82, 2.24) is 4.90 Å². The monoisotopic (exact) mass is 269 g/mol. The van der Waals surface area contributed by atoms with Crippen LogP contribution in [-0.2, 0) is 3.07 Å². The second kappa shape index (κ2) is 4.62. The average Bonchev–Trinajstić information content (AvgIpc) is 2.32. The predicted octanol–water partition coefficient (Wildman–Crippen LogP) is 2.08. The van der Waals surface area contributed by atoms with Crippen LogP contribution in [0.2, 0.25) is 0 Å². The largest absolute Gasteiger partial charge is 0.315 e. The molecule has 0 spiro atoms. The van der Waals surface area contributed by atoms with E-state index in [9.17, 15) is 0 Å². The summed E-state index contributed by atoms with van der Waals surface area (Å²) in [6.45, 7) is 4.39. The van der Waals surface area contributed by atoms with Crippen LogP contribution in [0.4, 0.5) is 0 Å². The molecule has 1 aliphatic heterocycles. The van der Waals surface area contributed by atoms with Gasteiger partial charge in [-0.25, -0.2) is 0 Å². The summed E-state index contributed by atoms with van der Waals surface area (Å²) in [7, 11) is 2.21. The van der Waals surface area contributed by atoms with Gasteiger partial charge in [0.1, 0.15) is 23.0 Å². The van der Waals surface area contributed by atoms with Gasteiger partial charge in [-0.15, -0.1) is 0 Å². The van der Waals surface area contributed by atoms with Gasteiger partial charge >= 0.3 is 0 Å². The first-order chi connectivity index (χ1) is 5.27. The highest BCUT2D eigenvalue weighted by Crippen LogP contribution is 2.24. The molecule has 11 heavy (non-hydrogen) atoms. The SMILES string of the molecule is CCC1C[C@H](COI)CN1C. The lowest BCUT2D eigenvalue weighted by Crippen LogP contribution is -2.23. The Morgan fingerprint density at radius 2 is 2.36 bits per heavy atom. The molecule has 0 aliphatic carbocycles. The maximum atomic E-state index is 5.11. The van der Waals surface area contributed by atoms with Crippen molar-refractivity contribution >= 4 is 23.0 Å². The van der Waals surface area contributed by atoms with Crippen LogP contribution in [0.5, 0.6) is 0 Å². The molecule has 0 aromatic heterocycles. The Morgan fingerprint density at radius 1 is 1.64 bits per heavy atom. The van der Waals surface area contributed by atoms with E-state index in [2.05, 4.69) is 18.9 Å². The summed E-state index contributed by atoms with van der Waals surface area (Å²) in [5.41, 5.74) is 0. The Bertz CT molecular complexity index is 121. The maximum Gasteiger partial charge on any atom is 0.109 e. The third-order valence-electron chi connectivity index (χ3n) is 2.54. The first kappa shape index (κ1) is 9.74. The Kier molecular flexibility index (Phi) is 4.09. The van der Waals surface area contributed by atoms with E-state index in [0.29, 0.717) is 0 Å². The van der Waals surface area contributed by atoms with Crippen LogP contribution in [0, 0.1) is 5.92 Å². The Morgan fingerprint density at radius 3 is 2.82 bits per heavy atom. The van der Waals surface area contributed by atoms with E-state index < -0.39 is 0 Å². The molecule has 0 amide bonds. The number of halogens is 1. The van der Waals surface area contributed by atoms with E-state index in [-0.39, 0.29) is 0 Å². The number of nitrogens with zero attached hydrogens (tertiary/aromatic N) is 1. The van der Waals surface area contributed by atoms with E-state index in [1.165, 1.54) is 19.4 Å². The lowest BCUT2D eigenvalue weighted by atomic mass is 10.1. The summed E-state index contributed by atoms with van der Waals surface area (Å²) >= 11 is 1.98. The molecule has 0 radical (unpaired) electrons. The second-order valence-electron chi connectivity index (χ2n) is 3.38. The topological polar surface area (TPSA) is 12.5 Å². The fourth-order valence-corrected chi connectivity index (χ4v) is 2.39. The van der Waals surface area contributed by atoms with Crippen molar-refractivity contribution < 1.29 is 3.07 Å². The summed E-state index contributed by atoms with van der Waals surface area (Å²) in [4.78, 5) is 2.44. The molecule has 1 unspecified atom stereocenters. The van der Waals surface area contributed by atoms with Gasteiger partial charge in [0.15, 0.2) is 0 Å². The van der Waals surface area contributed by atoms with Gasteiger partial charge < -0.3 is 7.97 Å². The third kappa shape index (κ3) is 2.56. The average molecular weight is 269 g/mol. The highest BCUT2D eigenvalue weighted by Gasteiger charge is 2.27. The van der Waals surface area contributed by atoms with Gasteiger partial charge in [-0.05, 0) is 25.8 Å². The van der Waals surface area contributed by atoms with Gasteiger partial charge in [0, 0.05) is 12.6 Å². The van der Waals surface area contributed by atoms with E-state index in [0.717, 1.165) is 18.6 Å². The Balaban J connectivity index is 2.30. The number of likely N-dealkylation sites (tertiary alicyclic amines) is 1. The first-order valence-corrected chi connectivity index (χ1v) is 5.09. The second-order valence-corrected chi connectivity index (χ2v) is 4.00. The van der Waals surface area contributed by atoms with Crippen molar-refractivity contribution in [2.45, 2.75) is 25.8 Å². The summed E-state index contributed by atoms with van der Waals surface area (Å²) in [6, 6.07) is 0.798. The highest BCUT2D eigenvalue weighted by molar-refractivity contribution is 14.1. The fraction of sp³-hybridized carbons (Fsp3) is 1.00. The normalized spacial score (nSPS) is 33.0. The van der Waals surface area contributed by atoms with E-state index in [1.807, 2.05) is 23.0 Å². The summed E-state index contributed by atoms with van der Waals surface area (Å²) in [5, 5.41) is 0. The molecule has 2 nitrogen and oxygen atoms in total. The van der Waals surface area contributed by atoms with Crippen molar-refractivity contribution in [1.29, 1.82) is 0 Å². The van der Waals surface area contributed by atoms with Crippen LogP contribution >= 0.6 is 23.0 Å². The predicted molar refractivity (Wildman–Crippen MR) is 54.8 cm³/mol. The zero-order chi connectivity index (χ0) is 8.27. The molecule has 1 fully saturated rings. The third-order valence-corrected chi connectivity index (χ3v) is 2.90. The molecule has 0 aromatic carbocycles. The zero-order valence-electron chi connectivity index (χ0n) is 7.22. The summed E-state index contributed by atoms with van der Waals surface area (Å²) in [5.74, 6) is 0.766. The maximum absolute atomic E-state index is 5.11. The summed E-state index contributed by atoms with van der Waals surface area (Å²) < 4.78 is 5.11. The van der Waals surface area contributed by atoms with Gasteiger partial charge in [0.2, 0.25) is 0 Å². The van der Waals surface area contributed by atoms with Crippen LogP contribution in [0.25, 0.3) is 0 Å². The molecular formula is C8H16INO. The number of rotatable bonds is 3. The molecule has 1 heterocycles. The van der Waals surface area contributed by atoms with E-state index in [4.69, 9.17) is 3.07 Å². The van der Waals surface area contributed by atoms with Gasteiger partial charge in [-0.1, -0.05) is 6.92 Å². The smallest absolute Gasteiger partial charge is 0.109 e. The molecule has 66 valence electrons. The molecular weight excluding hydrogens is 253 g/mol. The van der Waals surface area contributed by atoms with E-state index in [1.54, 1.807) is 0 Å². The van der Waals surface area contributed by atoms with Gasteiger partial charge in [-0.2, -0.15) is 0 Å². The molecule has 0 N–H and O–H groups in total. The molecule has 0 aromatic rings. The van der Waals surface area contributed by atoms with Crippen LogP contribution in [0.1, 0.15) is 19.8 Å². The summed E-state index contributed by atoms with van der Waals surface area (Å²) in [6.07, 6.45) is 2.59. The highest BCUT2D eigenvalue weighted by atomic mass is 127. The van der Waals surface area contributed by atoms with Crippen molar-refractivity contribution in [2.75, 3.05) is 20.2 Å². The molecule has 3 heteroatoms. The molecule has 1 saturated heterocycles. The molecule has 0 saturated carbocycles. The lowest BCUT2D eigenvalue weighted by Gasteiger charge is -2.16. The molecule has 1 rings (SSSR count). The van der Waals surface area contributed by atoms with Crippen LogP contribution in [0.3, 0.4) is 0 Å². The van der Waals surface area contributed by atoms with Crippen molar-refractivity contribution in [2.24, 2.45) is 5.92 Å². The van der Waals surface area contributed by atoms with Crippen molar-refractivity contribution in [3.05, 3.63) is 0 Å². The Hall–Kier alpha value is 0.650. The number of hydrogen-bond donors (Lipinski definition) is 0. The van der Waals surface area contributed by atoms with Crippen LogP contribution < -0.4 is 0 Å². The standard InChI is InChI=1S/C8H16INO/c1-3-8-4-7(6-11-9)5-10(8)2/h7-8H,3-6H2,1-2H3/t7-,8?/m0/s1. The number of hydrogen-bond acceptors (Lipinski definition) is 2. The van der Waals surface area contributed by atoms with Gasteiger partial charge in [-0.3, -0.25) is 0 Å². The quantitative estimate of drug-likeness (QED) is 0.727. The van der Waals surface area contributed by atoms with Crippen LogP contribution in [0.15, 0.2) is 0 Å². The Labute approximate surface area is 83.0 Å². The van der Waals surface area contributed by atoms with E-state index >= 15 is 0 Å². The molecule has 1 aliphatic rings. The van der Waals surface area contributed by atoms with Gasteiger partial charge in [0.25, 0.3) is 0 Å². The van der Waals surface area contributed by atoms with Crippen molar-refractivity contribution in [3.63, 3.8) is 0 Å². The van der Waals surface area contributed by atoms with Gasteiger partial charge in [0.05, 0.1) is 6.61 Å². The minimum absolute atomic E-state index is 0.766. The minimum Gasteiger partial charge on any atom is -0.315 e. The molecule has 0 bridgehead atoms. The first-order valence-electron chi connectivity index (χ1n) is 4.21. The lowest BCUT2D eigenvalue weighted by molar-refractivity contribution is 0.290. The van der Waals surface area contributed by atoms with Crippen molar-refractivity contribution in [3.8, 4) is 0 Å². The fourth-order valence-electron chi connectivity index (χ4n) is 1.88. The minimum atomic E-state index is 0.766. The van der Waals surface area contributed by atoms with Crippen LogP contribution in [-0.4, -0.2) is 31.1 Å².